The van der Waals surface area contributed by atoms with Gasteiger partial charge in [-0.2, -0.15) is 0 Å². The molecule has 2 rings (SSSR count). The lowest BCUT2D eigenvalue weighted by molar-refractivity contribution is 0.0997. The van der Waals surface area contributed by atoms with Crippen LogP contribution in [0.1, 0.15) is 38.7 Å². The van der Waals surface area contributed by atoms with Gasteiger partial charge in [0.05, 0.1) is 0 Å². The number of aromatic hydroxyl groups is 1. The van der Waals surface area contributed by atoms with Crippen LogP contribution >= 0.6 is 0 Å². The SMILES string of the molecule is CC(CCc1ccc(O)cc1)N1CCC(N)CC1C. The van der Waals surface area contributed by atoms with Gasteiger partial charge in [-0.05, 0) is 57.2 Å². The number of phenols is 1. The van der Waals surface area contributed by atoms with E-state index < -0.39 is 0 Å². The number of benzene rings is 1. The summed E-state index contributed by atoms with van der Waals surface area (Å²) in [6.45, 7) is 5.73. The molecule has 3 heteroatoms. The molecule has 1 aliphatic rings. The highest BCUT2D eigenvalue weighted by Crippen LogP contribution is 2.21. The quantitative estimate of drug-likeness (QED) is 0.876. The number of hydrogen-bond acceptors (Lipinski definition) is 3. The minimum absolute atomic E-state index is 0.343. The van der Waals surface area contributed by atoms with Gasteiger partial charge < -0.3 is 10.8 Å². The number of rotatable bonds is 4. The molecule has 1 aliphatic heterocycles. The van der Waals surface area contributed by atoms with E-state index in [0.29, 0.717) is 23.9 Å². The van der Waals surface area contributed by atoms with E-state index in [4.69, 9.17) is 5.73 Å². The summed E-state index contributed by atoms with van der Waals surface area (Å²) in [6.07, 6.45) is 4.46. The number of phenolic OH excluding ortho intramolecular Hbond substituents is 1. The second-order valence-electron chi connectivity index (χ2n) is 5.93. The molecule has 3 unspecified atom stereocenters. The fourth-order valence-electron chi connectivity index (χ4n) is 3.09. The molecule has 1 aromatic carbocycles. The van der Waals surface area contributed by atoms with Gasteiger partial charge in [-0.3, -0.25) is 4.90 Å². The van der Waals surface area contributed by atoms with Crippen LogP contribution in [0.2, 0.25) is 0 Å². The molecule has 3 atom stereocenters. The highest BCUT2D eigenvalue weighted by atomic mass is 16.3. The number of aryl methyl sites for hydroxylation is 1. The van der Waals surface area contributed by atoms with Crippen LogP contribution in [0, 0.1) is 0 Å². The Morgan fingerprint density at radius 1 is 1.37 bits per heavy atom. The normalized spacial score (nSPS) is 26.3. The van der Waals surface area contributed by atoms with E-state index in [-0.39, 0.29) is 0 Å². The molecule has 0 amide bonds. The standard InChI is InChI=1S/C16H26N2O/c1-12(18-10-9-15(17)11-13(18)2)3-4-14-5-7-16(19)8-6-14/h5-8,12-13,15,19H,3-4,9-11,17H2,1-2H3. The van der Waals surface area contributed by atoms with Crippen LogP contribution in [-0.2, 0) is 6.42 Å². The lowest BCUT2D eigenvalue weighted by Crippen LogP contribution is -2.49. The van der Waals surface area contributed by atoms with Crippen LogP contribution in [-0.4, -0.2) is 34.7 Å². The number of piperidine rings is 1. The van der Waals surface area contributed by atoms with Crippen molar-refractivity contribution in [1.29, 1.82) is 0 Å². The molecular formula is C16H26N2O. The first-order chi connectivity index (χ1) is 9.06. The van der Waals surface area contributed by atoms with Crippen molar-refractivity contribution in [3.8, 4) is 5.75 Å². The summed E-state index contributed by atoms with van der Waals surface area (Å²) < 4.78 is 0. The van der Waals surface area contributed by atoms with Gasteiger partial charge in [0.15, 0.2) is 0 Å². The predicted octanol–water partition coefficient (Wildman–Crippen LogP) is 2.52. The zero-order valence-electron chi connectivity index (χ0n) is 12.0. The van der Waals surface area contributed by atoms with Crippen LogP contribution in [0.25, 0.3) is 0 Å². The molecule has 3 N–H and O–H groups in total. The Morgan fingerprint density at radius 3 is 2.68 bits per heavy atom. The van der Waals surface area contributed by atoms with Crippen molar-refractivity contribution in [2.45, 2.75) is 57.7 Å². The van der Waals surface area contributed by atoms with E-state index in [2.05, 4.69) is 18.7 Å². The Morgan fingerprint density at radius 2 is 2.05 bits per heavy atom. The molecule has 1 aromatic rings. The molecule has 1 saturated heterocycles. The molecule has 0 spiro atoms. The molecule has 0 aliphatic carbocycles. The third-order valence-electron chi connectivity index (χ3n) is 4.32. The maximum Gasteiger partial charge on any atom is 0.115 e. The molecule has 1 fully saturated rings. The largest absolute Gasteiger partial charge is 0.508 e. The monoisotopic (exact) mass is 262 g/mol. The first kappa shape index (κ1) is 14.4. The predicted molar refractivity (Wildman–Crippen MR) is 79.3 cm³/mol. The summed E-state index contributed by atoms with van der Waals surface area (Å²) in [7, 11) is 0. The van der Waals surface area contributed by atoms with Crippen LogP contribution in [0.5, 0.6) is 5.75 Å². The van der Waals surface area contributed by atoms with Crippen molar-refractivity contribution in [3.05, 3.63) is 29.8 Å². The van der Waals surface area contributed by atoms with Crippen LogP contribution < -0.4 is 5.73 Å². The molecular weight excluding hydrogens is 236 g/mol. The third kappa shape index (κ3) is 3.95. The molecule has 0 bridgehead atoms. The van der Waals surface area contributed by atoms with Gasteiger partial charge in [0.25, 0.3) is 0 Å². The Hall–Kier alpha value is -1.06. The smallest absolute Gasteiger partial charge is 0.115 e. The lowest BCUT2D eigenvalue weighted by atomic mass is 9.95. The van der Waals surface area contributed by atoms with E-state index in [0.717, 1.165) is 32.2 Å². The van der Waals surface area contributed by atoms with Crippen molar-refractivity contribution in [2.24, 2.45) is 5.73 Å². The first-order valence-corrected chi connectivity index (χ1v) is 7.35. The molecule has 0 saturated carbocycles. The van der Waals surface area contributed by atoms with E-state index in [9.17, 15) is 5.11 Å². The second kappa shape index (κ2) is 6.40. The average molecular weight is 262 g/mol. The third-order valence-corrected chi connectivity index (χ3v) is 4.32. The molecule has 106 valence electrons. The summed E-state index contributed by atoms with van der Waals surface area (Å²) >= 11 is 0. The Balaban J connectivity index is 1.83. The molecule has 3 nitrogen and oxygen atoms in total. The van der Waals surface area contributed by atoms with Crippen molar-refractivity contribution in [3.63, 3.8) is 0 Å². The van der Waals surface area contributed by atoms with Gasteiger partial charge in [0.1, 0.15) is 5.75 Å². The number of nitrogens with two attached hydrogens (primary N) is 1. The van der Waals surface area contributed by atoms with Gasteiger partial charge in [-0.1, -0.05) is 12.1 Å². The summed E-state index contributed by atoms with van der Waals surface area (Å²) in [5, 5.41) is 9.28. The Kier molecular flexibility index (Phi) is 4.83. The van der Waals surface area contributed by atoms with Crippen LogP contribution in [0.15, 0.2) is 24.3 Å². The van der Waals surface area contributed by atoms with Gasteiger partial charge in [0.2, 0.25) is 0 Å². The van der Waals surface area contributed by atoms with Crippen LogP contribution in [0.3, 0.4) is 0 Å². The first-order valence-electron chi connectivity index (χ1n) is 7.35. The summed E-state index contributed by atoms with van der Waals surface area (Å²) in [5.41, 5.74) is 7.31. The van der Waals surface area contributed by atoms with Gasteiger partial charge >= 0.3 is 0 Å². The van der Waals surface area contributed by atoms with E-state index in [1.807, 2.05) is 12.1 Å². The fourth-order valence-corrected chi connectivity index (χ4v) is 3.09. The minimum Gasteiger partial charge on any atom is -0.508 e. The van der Waals surface area contributed by atoms with E-state index in [1.54, 1.807) is 12.1 Å². The lowest BCUT2D eigenvalue weighted by Gasteiger charge is -2.40. The highest BCUT2D eigenvalue weighted by Gasteiger charge is 2.26. The van der Waals surface area contributed by atoms with Crippen molar-refractivity contribution in [1.82, 2.24) is 4.90 Å². The number of hydrogen-bond donors (Lipinski definition) is 2. The summed E-state index contributed by atoms with van der Waals surface area (Å²) in [4.78, 5) is 2.59. The van der Waals surface area contributed by atoms with Gasteiger partial charge in [-0.25, -0.2) is 0 Å². The molecule has 0 radical (unpaired) electrons. The van der Waals surface area contributed by atoms with Crippen molar-refractivity contribution >= 4 is 0 Å². The Labute approximate surface area is 116 Å². The van der Waals surface area contributed by atoms with Crippen molar-refractivity contribution in [2.75, 3.05) is 6.54 Å². The molecule has 0 aromatic heterocycles. The highest BCUT2D eigenvalue weighted by molar-refractivity contribution is 5.25. The maximum absolute atomic E-state index is 9.28. The second-order valence-corrected chi connectivity index (χ2v) is 5.93. The average Bonchev–Trinajstić information content (AvgIpc) is 2.37. The zero-order valence-corrected chi connectivity index (χ0v) is 12.0. The number of nitrogens with zero attached hydrogens (tertiary/aromatic N) is 1. The minimum atomic E-state index is 0.343. The molecule has 19 heavy (non-hydrogen) atoms. The fraction of sp³-hybridized carbons (Fsp3) is 0.625. The maximum atomic E-state index is 9.28. The van der Waals surface area contributed by atoms with Crippen LogP contribution in [0.4, 0.5) is 0 Å². The van der Waals surface area contributed by atoms with Crippen molar-refractivity contribution < 1.29 is 5.11 Å². The summed E-state index contributed by atoms with van der Waals surface area (Å²) in [5.74, 6) is 0.343. The zero-order chi connectivity index (χ0) is 13.8. The van der Waals surface area contributed by atoms with E-state index in [1.165, 1.54) is 5.56 Å². The molecule has 1 heterocycles. The van der Waals surface area contributed by atoms with Gasteiger partial charge in [0, 0.05) is 24.7 Å². The topological polar surface area (TPSA) is 49.5 Å². The Bertz CT molecular complexity index is 390. The summed E-state index contributed by atoms with van der Waals surface area (Å²) in [6, 6.07) is 9.13. The number of likely N-dealkylation sites (tertiary alicyclic amines) is 1. The van der Waals surface area contributed by atoms with Gasteiger partial charge in [-0.15, -0.1) is 0 Å². The van der Waals surface area contributed by atoms with E-state index >= 15 is 0 Å².